The predicted molar refractivity (Wildman–Crippen MR) is 81.9 cm³/mol. The van der Waals surface area contributed by atoms with Crippen LogP contribution in [0, 0.1) is 0 Å². The van der Waals surface area contributed by atoms with E-state index in [0.29, 0.717) is 12.1 Å². The molecule has 3 rings (SSSR count). The summed E-state index contributed by atoms with van der Waals surface area (Å²) in [5, 5.41) is 13.3. The predicted octanol–water partition coefficient (Wildman–Crippen LogP) is 1.05. The van der Waals surface area contributed by atoms with Crippen LogP contribution in [0.25, 0.3) is 0 Å². The van der Waals surface area contributed by atoms with Crippen molar-refractivity contribution in [3.63, 3.8) is 0 Å². The Kier molecular flexibility index (Phi) is 4.37. The Morgan fingerprint density at radius 2 is 2.10 bits per heavy atom. The number of aliphatic hydroxyl groups is 1. The van der Waals surface area contributed by atoms with Gasteiger partial charge in [-0.1, -0.05) is 6.92 Å². The first-order chi connectivity index (χ1) is 9.67. The minimum Gasteiger partial charge on any atom is -0.394 e. The van der Waals surface area contributed by atoms with Crippen molar-refractivity contribution in [1.29, 1.82) is 0 Å². The molecule has 2 heterocycles. The van der Waals surface area contributed by atoms with E-state index in [9.17, 15) is 5.11 Å². The second-order valence-electron chi connectivity index (χ2n) is 7.20. The summed E-state index contributed by atoms with van der Waals surface area (Å²) in [5.41, 5.74) is -0.00799. The molecule has 2 N–H and O–H groups in total. The number of rotatable bonds is 4. The van der Waals surface area contributed by atoms with Gasteiger partial charge in [-0.15, -0.1) is 0 Å². The van der Waals surface area contributed by atoms with Crippen molar-refractivity contribution < 1.29 is 5.11 Å². The Morgan fingerprint density at radius 1 is 1.25 bits per heavy atom. The molecule has 3 fully saturated rings. The highest BCUT2D eigenvalue weighted by atomic mass is 16.3. The Balaban J connectivity index is 1.64. The van der Waals surface area contributed by atoms with E-state index in [2.05, 4.69) is 29.0 Å². The summed E-state index contributed by atoms with van der Waals surface area (Å²) in [7, 11) is 0. The van der Waals surface area contributed by atoms with Crippen molar-refractivity contribution in [3.8, 4) is 0 Å². The van der Waals surface area contributed by atoms with Crippen LogP contribution >= 0.6 is 0 Å². The summed E-state index contributed by atoms with van der Waals surface area (Å²) in [6.07, 6.45) is 6.25. The highest BCUT2D eigenvalue weighted by Gasteiger charge is 2.44. The fourth-order valence-electron chi connectivity index (χ4n) is 4.83. The van der Waals surface area contributed by atoms with Gasteiger partial charge < -0.3 is 10.4 Å². The molecule has 1 aliphatic carbocycles. The molecule has 4 heteroatoms. The highest BCUT2D eigenvalue weighted by Crippen LogP contribution is 2.36. The maximum absolute atomic E-state index is 9.79. The van der Waals surface area contributed by atoms with Crippen molar-refractivity contribution in [2.45, 2.75) is 69.6 Å². The van der Waals surface area contributed by atoms with E-state index >= 15 is 0 Å². The molecule has 0 amide bonds. The number of aliphatic hydroxyl groups excluding tert-OH is 1. The van der Waals surface area contributed by atoms with Gasteiger partial charge in [0.15, 0.2) is 0 Å². The Bertz CT molecular complexity index is 338. The largest absolute Gasteiger partial charge is 0.394 e. The van der Waals surface area contributed by atoms with Gasteiger partial charge in [0.25, 0.3) is 0 Å². The van der Waals surface area contributed by atoms with Crippen LogP contribution in [-0.2, 0) is 0 Å². The SMILES string of the molecule is CCNC1(CO)CCC(N2CC3CCCN3CC2C)C1. The van der Waals surface area contributed by atoms with Crippen LogP contribution in [0.3, 0.4) is 0 Å². The van der Waals surface area contributed by atoms with Crippen molar-refractivity contribution in [2.24, 2.45) is 0 Å². The Labute approximate surface area is 123 Å². The number of fused-ring (bicyclic) bond motifs is 1. The van der Waals surface area contributed by atoms with E-state index in [1.807, 2.05) is 0 Å². The zero-order chi connectivity index (χ0) is 14.2. The lowest BCUT2D eigenvalue weighted by Gasteiger charge is -2.45. The molecule has 0 aromatic heterocycles. The monoisotopic (exact) mass is 281 g/mol. The molecule has 20 heavy (non-hydrogen) atoms. The lowest BCUT2D eigenvalue weighted by molar-refractivity contribution is 0.0254. The van der Waals surface area contributed by atoms with E-state index in [1.165, 1.54) is 38.9 Å². The van der Waals surface area contributed by atoms with Crippen LogP contribution in [0.4, 0.5) is 0 Å². The number of nitrogens with zero attached hydrogens (tertiary/aromatic N) is 2. The summed E-state index contributed by atoms with van der Waals surface area (Å²) in [5.74, 6) is 0. The fourth-order valence-corrected chi connectivity index (χ4v) is 4.83. The minimum atomic E-state index is -0.00799. The summed E-state index contributed by atoms with van der Waals surface area (Å²) < 4.78 is 0. The van der Waals surface area contributed by atoms with Crippen LogP contribution < -0.4 is 5.32 Å². The lowest BCUT2D eigenvalue weighted by Crippen LogP contribution is -2.58. The second kappa shape index (κ2) is 5.91. The first-order valence-electron chi connectivity index (χ1n) is 8.53. The number of likely N-dealkylation sites (N-methyl/N-ethyl adjacent to an activating group) is 1. The molecule has 0 aromatic carbocycles. The van der Waals surface area contributed by atoms with Crippen molar-refractivity contribution >= 4 is 0 Å². The topological polar surface area (TPSA) is 38.7 Å². The van der Waals surface area contributed by atoms with Gasteiger partial charge in [0, 0.05) is 36.8 Å². The van der Waals surface area contributed by atoms with E-state index in [-0.39, 0.29) is 12.1 Å². The zero-order valence-electron chi connectivity index (χ0n) is 13.1. The molecule has 2 aliphatic heterocycles. The number of piperazine rings is 1. The Hall–Kier alpha value is -0.160. The molecular formula is C16H31N3O. The van der Waals surface area contributed by atoms with Crippen molar-refractivity contribution in [3.05, 3.63) is 0 Å². The van der Waals surface area contributed by atoms with Crippen LogP contribution in [0.1, 0.15) is 46.0 Å². The Morgan fingerprint density at radius 3 is 2.85 bits per heavy atom. The average Bonchev–Trinajstić information content (AvgIpc) is 3.05. The highest BCUT2D eigenvalue weighted by molar-refractivity contribution is 5.02. The maximum atomic E-state index is 9.79. The molecule has 4 nitrogen and oxygen atoms in total. The van der Waals surface area contributed by atoms with Crippen molar-refractivity contribution in [1.82, 2.24) is 15.1 Å². The summed E-state index contributed by atoms with van der Waals surface area (Å²) in [6.45, 7) is 9.58. The van der Waals surface area contributed by atoms with Gasteiger partial charge in [0.05, 0.1) is 6.61 Å². The fraction of sp³-hybridized carbons (Fsp3) is 1.00. The molecule has 0 bridgehead atoms. The number of hydrogen-bond donors (Lipinski definition) is 2. The summed E-state index contributed by atoms with van der Waals surface area (Å²) >= 11 is 0. The van der Waals surface area contributed by atoms with Gasteiger partial charge in [-0.2, -0.15) is 0 Å². The third-order valence-corrected chi connectivity index (χ3v) is 5.89. The molecule has 2 saturated heterocycles. The average molecular weight is 281 g/mol. The maximum Gasteiger partial charge on any atom is 0.0613 e. The van der Waals surface area contributed by atoms with Gasteiger partial charge in [-0.3, -0.25) is 9.80 Å². The van der Waals surface area contributed by atoms with Crippen LogP contribution in [0.15, 0.2) is 0 Å². The van der Waals surface area contributed by atoms with E-state index in [4.69, 9.17) is 0 Å². The minimum absolute atomic E-state index is 0.00799. The molecule has 0 radical (unpaired) electrons. The standard InChI is InChI=1S/C16H31N3O/c1-3-17-16(12-20)7-6-14(9-16)19-11-15-5-4-8-18(15)10-13(19)2/h13-15,17,20H,3-12H2,1-2H3. The van der Waals surface area contributed by atoms with E-state index < -0.39 is 0 Å². The van der Waals surface area contributed by atoms with Gasteiger partial charge in [-0.05, 0) is 52.1 Å². The first-order valence-corrected chi connectivity index (χ1v) is 8.53. The third-order valence-electron chi connectivity index (χ3n) is 5.89. The zero-order valence-corrected chi connectivity index (χ0v) is 13.1. The van der Waals surface area contributed by atoms with Gasteiger partial charge in [0.2, 0.25) is 0 Å². The van der Waals surface area contributed by atoms with E-state index in [0.717, 1.165) is 25.4 Å². The van der Waals surface area contributed by atoms with Crippen LogP contribution in [-0.4, -0.2) is 71.4 Å². The number of nitrogens with one attached hydrogen (secondary N) is 1. The summed E-state index contributed by atoms with van der Waals surface area (Å²) in [6, 6.07) is 2.14. The van der Waals surface area contributed by atoms with Crippen molar-refractivity contribution in [2.75, 3.05) is 32.8 Å². The quantitative estimate of drug-likeness (QED) is 0.808. The molecule has 0 spiro atoms. The molecule has 4 unspecified atom stereocenters. The molecule has 0 aromatic rings. The normalized spacial score (nSPS) is 43.0. The van der Waals surface area contributed by atoms with Gasteiger partial charge in [0.1, 0.15) is 0 Å². The number of hydrogen-bond acceptors (Lipinski definition) is 4. The molecule has 4 atom stereocenters. The van der Waals surface area contributed by atoms with Crippen LogP contribution in [0.2, 0.25) is 0 Å². The third kappa shape index (κ3) is 2.63. The smallest absolute Gasteiger partial charge is 0.0613 e. The molecular weight excluding hydrogens is 250 g/mol. The van der Waals surface area contributed by atoms with Gasteiger partial charge in [-0.25, -0.2) is 0 Å². The van der Waals surface area contributed by atoms with Gasteiger partial charge >= 0.3 is 0 Å². The lowest BCUT2D eigenvalue weighted by atomic mass is 9.97. The molecule has 1 saturated carbocycles. The second-order valence-corrected chi connectivity index (χ2v) is 7.20. The first kappa shape index (κ1) is 14.8. The summed E-state index contributed by atoms with van der Waals surface area (Å²) in [4.78, 5) is 5.45. The molecule has 116 valence electrons. The molecule has 3 aliphatic rings. The van der Waals surface area contributed by atoms with E-state index in [1.54, 1.807) is 0 Å². The van der Waals surface area contributed by atoms with Crippen LogP contribution in [0.5, 0.6) is 0 Å².